The summed E-state index contributed by atoms with van der Waals surface area (Å²) in [6, 6.07) is 4.63. The molecule has 100 valence electrons. The number of nitrogens with two attached hydrogens (primary N) is 1. The second kappa shape index (κ2) is 6.16. The summed E-state index contributed by atoms with van der Waals surface area (Å²) in [4.78, 5) is 9.41. The van der Waals surface area contributed by atoms with E-state index >= 15 is 0 Å². The first-order valence-corrected chi connectivity index (χ1v) is 6.82. The van der Waals surface area contributed by atoms with Gasteiger partial charge in [0.25, 0.3) is 0 Å². The summed E-state index contributed by atoms with van der Waals surface area (Å²) < 4.78 is 0. The van der Waals surface area contributed by atoms with Crippen LogP contribution >= 0.6 is 0 Å². The van der Waals surface area contributed by atoms with Gasteiger partial charge in [0, 0.05) is 50.9 Å². The minimum Gasteiger partial charge on any atom is -0.397 e. The van der Waals surface area contributed by atoms with Crippen LogP contribution in [0.3, 0.4) is 0 Å². The molecule has 0 aliphatic carbocycles. The third-order valence-electron chi connectivity index (χ3n) is 3.67. The van der Waals surface area contributed by atoms with Gasteiger partial charge in [0.05, 0.1) is 11.9 Å². The highest BCUT2D eigenvalue weighted by molar-refractivity contribution is 5.34. The average Bonchev–Trinajstić information content (AvgIpc) is 2.38. The van der Waals surface area contributed by atoms with Crippen molar-refractivity contribution < 1.29 is 0 Å². The average molecular weight is 248 g/mol. The number of anilines is 1. The number of nitrogens with zero attached hydrogens (tertiary/aromatic N) is 3. The fraction of sp³-hybridized carbons (Fsp3) is 0.643. The van der Waals surface area contributed by atoms with Gasteiger partial charge >= 0.3 is 0 Å². The van der Waals surface area contributed by atoms with Gasteiger partial charge in [-0.05, 0) is 26.0 Å². The second-order valence-electron chi connectivity index (χ2n) is 5.30. The molecule has 1 aliphatic rings. The molecule has 0 bridgehead atoms. The highest BCUT2D eigenvalue weighted by atomic mass is 15.3. The van der Waals surface area contributed by atoms with Gasteiger partial charge in [0.2, 0.25) is 0 Å². The van der Waals surface area contributed by atoms with E-state index in [4.69, 9.17) is 5.73 Å². The van der Waals surface area contributed by atoms with E-state index in [2.05, 4.69) is 28.6 Å². The van der Waals surface area contributed by atoms with Crippen LogP contribution in [0, 0.1) is 0 Å². The van der Waals surface area contributed by atoms with Crippen LogP contribution in [0.15, 0.2) is 18.3 Å². The van der Waals surface area contributed by atoms with Crippen LogP contribution < -0.4 is 5.73 Å². The van der Waals surface area contributed by atoms with E-state index in [1.54, 1.807) is 6.20 Å². The van der Waals surface area contributed by atoms with Crippen LogP contribution in [0.5, 0.6) is 0 Å². The zero-order valence-corrected chi connectivity index (χ0v) is 11.5. The van der Waals surface area contributed by atoms with E-state index in [9.17, 15) is 0 Å². The number of rotatable bonds is 4. The van der Waals surface area contributed by atoms with Gasteiger partial charge in [0.1, 0.15) is 0 Å². The van der Waals surface area contributed by atoms with Crippen molar-refractivity contribution in [1.82, 2.24) is 14.8 Å². The molecule has 2 N–H and O–H groups in total. The maximum atomic E-state index is 5.63. The van der Waals surface area contributed by atoms with Gasteiger partial charge in [0.15, 0.2) is 0 Å². The molecule has 2 rings (SSSR count). The maximum Gasteiger partial charge on any atom is 0.0501 e. The van der Waals surface area contributed by atoms with Gasteiger partial charge < -0.3 is 10.6 Å². The van der Waals surface area contributed by atoms with Gasteiger partial charge in [-0.2, -0.15) is 0 Å². The molecule has 0 spiro atoms. The second-order valence-corrected chi connectivity index (χ2v) is 5.30. The van der Waals surface area contributed by atoms with Crippen molar-refractivity contribution in [3.05, 3.63) is 24.0 Å². The van der Waals surface area contributed by atoms with Crippen molar-refractivity contribution >= 4 is 5.69 Å². The number of hydrogen-bond donors (Lipinski definition) is 1. The highest BCUT2D eigenvalue weighted by Crippen LogP contribution is 2.07. The quantitative estimate of drug-likeness (QED) is 0.870. The molecule has 18 heavy (non-hydrogen) atoms. The Hall–Kier alpha value is -1.13. The summed E-state index contributed by atoms with van der Waals surface area (Å²) in [5, 5.41) is 0. The molecule has 4 nitrogen and oxygen atoms in total. The molecular formula is C14H24N4. The molecule has 0 saturated carbocycles. The molecule has 2 heterocycles. The van der Waals surface area contributed by atoms with Crippen LogP contribution in [0.1, 0.15) is 19.5 Å². The molecule has 1 aromatic heterocycles. The molecule has 0 radical (unpaired) electrons. The van der Waals surface area contributed by atoms with E-state index in [-0.39, 0.29) is 0 Å². The van der Waals surface area contributed by atoms with Crippen molar-refractivity contribution in [2.24, 2.45) is 0 Å². The Labute approximate surface area is 110 Å². The largest absolute Gasteiger partial charge is 0.397 e. The summed E-state index contributed by atoms with van der Waals surface area (Å²) in [5.74, 6) is 0. The molecule has 1 aromatic rings. The van der Waals surface area contributed by atoms with Gasteiger partial charge in [-0.25, -0.2) is 0 Å². The molecule has 0 atom stereocenters. The molecule has 1 saturated heterocycles. The van der Waals surface area contributed by atoms with Crippen LogP contribution in [0.4, 0.5) is 5.69 Å². The Morgan fingerprint density at radius 2 is 1.94 bits per heavy atom. The summed E-state index contributed by atoms with van der Waals surface area (Å²) in [6.45, 7) is 10.4. The molecule has 4 heteroatoms. The van der Waals surface area contributed by atoms with Crippen molar-refractivity contribution in [1.29, 1.82) is 0 Å². The van der Waals surface area contributed by atoms with Gasteiger partial charge in [-0.3, -0.25) is 9.88 Å². The Morgan fingerprint density at radius 1 is 1.22 bits per heavy atom. The number of nitrogen functional groups attached to an aromatic ring is 1. The Morgan fingerprint density at radius 3 is 2.50 bits per heavy atom. The maximum absolute atomic E-state index is 5.63. The van der Waals surface area contributed by atoms with Crippen LogP contribution in [-0.2, 0) is 6.42 Å². The lowest BCUT2D eigenvalue weighted by Gasteiger charge is -2.36. The Kier molecular flexibility index (Phi) is 4.55. The van der Waals surface area contributed by atoms with E-state index in [0.29, 0.717) is 6.04 Å². The third-order valence-corrected chi connectivity index (χ3v) is 3.67. The van der Waals surface area contributed by atoms with Crippen molar-refractivity contribution in [2.45, 2.75) is 26.3 Å². The van der Waals surface area contributed by atoms with Gasteiger partial charge in [-0.15, -0.1) is 0 Å². The lowest BCUT2D eigenvalue weighted by molar-refractivity contribution is 0.109. The Balaban J connectivity index is 1.74. The summed E-state index contributed by atoms with van der Waals surface area (Å²) in [6.07, 6.45) is 2.76. The fourth-order valence-electron chi connectivity index (χ4n) is 2.36. The first-order chi connectivity index (χ1) is 8.65. The number of hydrogen-bond acceptors (Lipinski definition) is 4. The standard InChI is InChI=1S/C14H24N4/c1-12(2)18-9-7-17(8-10-18)6-5-14-4-3-13(15)11-16-14/h3-4,11-12H,5-10,15H2,1-2H3. The van der Waals surface area contributed by atoms with E-state index < -0.39 is 0 Å². The minimum absolute atomic E-state index is 0.672. The fourth-order valence-corrected chi connectivity index (χ4v) is 2.36. The normalized spacial score (nSPS) is 18.4. The molecule has 1 aliphatic heterocycles. The lowest BCUT2D eigenvalue weighted by Crippen LogP contribution is -2.49. The van der Waals surface area contributed by atoms with Crippen LogP contribution in [0.2, 0.25) is 0 Å². The summed E-state index contributed by atoms with van der Waals surface area (Å²) >= 11 is 0. The van der Waals surface area contributed by atoms with Crippen molar-refractivity contribution in [3.8, 4) is 0 Å². The van der Waals surface area contributed by atoms with Crippen molar-refractivity contribution in [2.75, 3.05) is 38.5 Å². The number of pyridine rings is 1. The zero-order chi connectivity index (χ0) is 13.0. The molecule has 0 aromatic carbocycles. The SMILES string of the molecule is CC(C)N1CCN(CCc2ccc(N)cn2)CC1. The number of aromatic nitrogens is 1. The highest BCUT2D eigenvalue weighted by Gasteiger charge is 2.18. The number of piperazine rings is 1. The predicted octanol–water partition coefficient (Wildman–Crippen LogP) is 1.23. The van der Waals surface area contributed by atoms with E-state index in [1.807, 2.05) is 12.1 Å². The van der Waals surface area contributed by atoms with E-state index in [1.165, 1.54) is 26.2 Å². The third kappa shape index (κ3) is 3.68. The first kappa shape index (κ1) is 13.3. The predicted molar refractivity (Wildman–Crippen MR) is 75.5 cm³/mol. The van der Waals surface area contributed by atoms with Gasteiger partial charge in [-0.1, -0.05) is 0 Å². The summed E-state index contributed by atoms with van der Waals surface area (Å²) in [5.41, 5.74) is 7.51. The monoisotopic (exact) mass is 248 g/mol. The summed E-state index contributed by atoms with van der Waals surface area (Å²) in [7, 11) is 0. The molecular weight excluding hydrogens is 224 g/mol. The molecule has 1 fully saturated rings. The van der Waals surface area contributed by atoms with E-state index in [0.717, 1.165) is 24.3 Å². The van der Waals surface area contributed by atoms with Crippen LogP contribution in [-0.4, -0.2) is 53.5 Å². The topological polar surface area (TPSA) is 45.4 Å². The zero-order valence-electron chi connectivity index (χ0n) is 11.5. The molecule has 0 amide bonds. The minimum atomic E-state index is 0.672. The smallest absolute Gasteiger partial charge is 0.0501 e. The van der Waals surface area contributed by atoms with Crippen LogP contribution in [0.25, 0.3) is 0 Å². The molecule has 0 unspecified atom stereocenters. The first-order valence-electron chi connectivity index (χ1n) is 6.82. The lowest BCUT2D eigenvalue weighted by atomic mass is 10.2. The van der Waals surface area contributed by atoms with Crippen molar-refractivity contribution in [3.63, 3.8) is 0 Å². The Bertz CT molecular complexity index is 353.